The molecule has 0 unspecified atom stereocenters. The van der Waals surface area contributed by atoms with Crippen LogP contribution >= 0.6 is 34.8 Å². The second kappa shape index (κ2) is 15.6. The second-order valence-corrected chi connectivity index (χ2v) is 11.5. The van der Waals surface area contributed by atoms with E-state index in [1.807, 2.05) is 37.3 Å². The highest BCUT2D eigenvalue weighted by Gasteiger charge is 2.24. The molecule has 3 aromatic rings. The molecule has 0 fully saturated rings. The molecular weight excluding hydrogens is 563 g/mol. The van der Waals surface area contributed by atoms with Crippen molar-refractivity contribution in [3.8, 4) is 16.9 Å². The number of hydrogen-bond acceptors (Lipinski definition) is 3. The quantitative estimate of drug-likeness (QED) is 0.127. The summed E-state index contributed by atoms with van der Waals surface area (Å²) in [4.78, 5) is 13.2. The molecule has 0 aliphatic carbocycles. The lowest BCUT2D eigenvalue weighted by atomic mass is 9.89. The largest absolute Gasteiger partial charge is 0.351 e. The topological polar surface area (TPSA) is 58.9 Å². The van der Waals surface area contributed by atoms with Crippen LogP contribution in [-0.2, 0) is 0 Å². The number of nitrogens with zero attached hydrogens (tertiary/aromatic N) is 2. The third-order valence-electron chi connectivity index (χ3n) is 7.62. The van der Waals surface area contributed by atoms with Gasteiger partial charge in [0.15, 0.2) is 5.69 Å². The molecule has 0 bridgehead atoms. The van der Waals surface area contributed by atoms with Crippen molar-refractivity contribution in [2.75, 3.05) is 13.1 Å². The van der Waals surface area contributed by atoms with Crippen LogP contribution in [0.5, 0.6) is 0 Å². The molecule has 0 saturated heterocycles. The van der Waals surface area contributed by atoms with Crippen LogP contribution in [0.4, 0.5) is 0 Å². The summed E-state index contributed by atoms with van der Waals surface area (Å²) in [6, 6.07) is 12.7. The number of halogens is 3. The minimum Gasteiger partial charge on any atom is -0.351 e. The standard InChI is InChI=1S/C32H41Cl3N4O/c1-5-19-32(6-2,7-3)37-21-12-10-8-9-11-20-36-31(40)29-23(4)30(24-13-15-25(33)16-14-24)39(38-29)28-18-17-26(34)22-27(28)35/h5,13-18,22,37H,1,6-12,19-21H2,2-4H3,(H,36,40). The first kappa shape index (κ1) is 32.2. The lowest BCUT2D eigenvalue weighted by Gasteiger charge is -2.32. The average Bonchev–Trinajstić information content (AvgIpc) is 3.28. The van der Waals surface area contributed by atoms with E-state index in [1.54, 1.807) is 22.9 Å². The Morgan fingerprint density at radius 3 is 2.20 bits per heavy atom. The zero-order chi connectivity index (χ0) is 29.1. The highest BCUT2D eigenvalue weighted by Crippen LogP contribution is 2.33. The van der Waals surface area contributed by atoms with Crippen molar-refractivity contribution >= 4 is 40.7 Å². The third-order valence-corrected chi connectivity index (χ3v) is 8.41. The van der Waals surface area contributed by atoms with Crippen LogP contribution in [-0.4, -0.2) is 34.3 Å². The third kappa shape index (κ3) is 8.36. The molecule has 2 aromatic carbocycles. The van der Waals surface area contributed by atoms with Crippen molar-refractivity contribution < 1.29 is 4.79 Å². The van der Waals surface area contributed by atoms with Crippen molar-refractivity contribution in [1.82, 2.24) is 20.4 Å². The fourth-order valence-corrected chi connectivity index (χ4v) is 5.66. The molecule has 8 heteroatoms. The highest BCUT2D eigenvalue weighted by molar-refractivity contribution is 6.35. The summed E-state index contributed by atoms with van der Waals surface area (Å²) < 4.78 is 1.71. The van der Waals surface area contributed by atoms with Crippen LogP contribution in [0.25, 0.3) is 16.9 Å². The monoisotopic (exact) mass is 602 g/mol. The van der Waals surface area contributed by atoms with E-state index >= 15 is 0 Å². The van der Waals surface area contributed by atoms with Crippen LogP contribution in [0, 0.1) is 6.92 Å². The van der Waals surface area contributed by atoms with Gasteiger partial charge in [0.2, 0.25) is 0 Å². The highest BCUT2D eigenvalue weighted by atomic mass is 35.5. The molecule has 0 saturated carbocycles. The molecule has 0 radical (unpaired) electrons. The minimum absolute atomic E-state index is 0.184. The van der Waals surface area contributed by atoms with Gasteiger partial charge in [-0.15, -0.1) is 6.58 Å². The van der Waals surface area contributed by atoms with Gasteiger partial charge in [-0.25, -0.2) is 4.68 Å². The molecule has 216 valence electrons. The van der Waals surface area contributed by atoms with Gasteiger partial charge in [-0.05, 0) is 75.9 Å². The Hall–Kier alpha value is -2.31. The maximum Gasteiger partial charge on any atom is 0.272 e. The number of unbranched alkanes of at least 4 members (excludes halogenated alkanes) is 4. The number of benzene rings is 2. The smallest absolute Gasteiger partial charge is 0.272 e. The molecule has 1 heterocycles. The van der Waals surface area contributed by atoms with Gasteiger partial charge < -0.3 is 10.6 Å². The molecule has 0 atom stereocenters. The SMILES string of the molecule is C=CCC(CC)(CC)NCCCCCCCNC(=O)c1nn(-c2ccc(Cl)cc2Cl)c(-c2ccc(Cl)cc2)c1C. The van der Waals surface area contributed by atoms with Crippen molar-refractivity contribution in [3.05, 3.63) is 81.4 Å². The van der Waals surface area contributed by atoms with Gasteiger partial charge in [0.25, 0.3) is 5.91 Å². The van der Waals surface area contributed by atoms with Gasteiger partial charge in [0.1, 0.15) is 0 Å². The molecule has 40 heavy (non-hydrogen) atoms. The predicted molar refractivity (Wildman–Crippen MR) is 170 cm³/mol. The lowest BCUT2D eigenvalue weighted by Crippen LogP contribution is -2.44. The van der Waals surface area contributed by atoms with Gasteiger partial charge in [-0.3, -0.25) is 4.79 Å². The second-order valence-electron chi connectivity index (χ2n) is 10.3. The number of rotatable bonds is 16. The molecule has 1 aromatic heterocycles. The van der Waals surface area contributed by atoms with E-state index in [4.69, 9.17) is 39.9 Å². The van der Waals surface area contributed by atoms with Gasteiger partial charge in [0.05, 0.1) is 16.4 Å². The normalized spacial score (nSPS) is 11.6. The van der Waals surface area contributed by atoms with E-state index < -0.39 is 0 Å². The van der Waals surface area contributed by atoms with Crippen LogP contribution in [0.2, 0.25) is 15.1 Å². The zero-order valence-electron chi connectivity index (χ0n) is 23.8. The Bertz CT molecular complexity index is 1270. The Labute approximate surface area is 254 Å². The number of amides is 1. The molecule has 1 amide bonds. The van der Waals surface area contributed by atoms with E-state index in [2.05, 4.69) is 31.1 Å². The zero-order valence-corrected chi connectivity index (χ0v) is 26.1. The Morgan fingerprint density at radius 1 is 0.950 bits per heavy atom. The predicted octanol–water partition coefficient (Wildman–Crippen LogP) is 9.21. The first-order valence-electron chi connectivity index (χ1n) is 14.2. The van der Waals surface area contributed by atoms with E-state index in [1.165, 1.54) is 6.42 Å². The summed E-state index contributed by atoms with van der Waals surface area (Å²) in [5.41, 5.74) is 3.63. The van der Waals surface area contributed by atoms with E-state index in [0.717, 1.165) is 68.3 Å². The summed E-state index contributed by atoms with van der Waals surface area (Å²) in [6.45, 7) is 11.9. The van der Waals surface area contributed by atoms with Crippen LogP contribution < -0.4 is 10.6 Å². The first-order valence-corrected chi connectivity index (χ1v) is 15.3. The van der Waals surface area contributed by atoms with Crippen molar-refractivity contribution in [2.24, 2.45) is 0 Å². The van der Waals surface area contributed by atoms with Gasteiger partial charge in [-0.1, -0.05) is 86.1 Å². The Kier molecular flexibility index (Phi) is 12.6. The molecular formula is C32H41Cl3N4O. The van der Waals surface area contributed by atoms with Crippen LogP contribution in [0.15, 0.2) is 55.1 Å². The maximum absolute atomic E-state index is 13.2. The average molecular weight is 604 g/mol. The molecule has 0 spiro atoms. The maximum atomic E-state index is 13.2. The molecule has 5 nitrogen and oxygen atoms in total. The van der Waals surface area contributed by atoms with E-state index in [0.29, 0.717) is 33.0 Å². The van der Waals surface area contributed by atoms with E-state index in [-0.39, 0.29) is 11.4 Å². The lowest BCUT2D eigenvalue weighted by molar-refractivity contribution is 0.0947. The van der Waals surface area contributed by atoms with Crippen molar-refractivity contribution in [3.63, 3.8) is 0 Å². The molecule has 0 aliphatic rings. The Morgan fingerprint density at radius 2 is 1.57 bits per heavy atom. The van der Waals surface area contributed by atoms with Gasteiger partial charge in [0, 0.05) is 33.3 Å². The fraction of sp³-hybridized carbons (Fsp3) is 0.438. The first-order chi connectivity index (χ1) is 19.2. The summed E-state index contributed by atoms with van der Waals surface area (Å²) in [6.07, 6.45) is 10.7. The number of carbonyl (C=O) groups is 1. The summed E-state index contributed by atoms with van der Waals surface area (Å²) in [5, 5.41) is 13.1. The fourth-order valence-electron chi connectivity index (χ4n) is 5.04. The Balaban J connectivity index is 1.57. The summed E-state index contributed by atoms with van der Waals surface area (Å²) >= 11 is 18.8. The minimum atomic E-state index is -0.196. The van der Waals surface area contributed by atoms with Gasteiger partial charge >= 0.3 is 0 Å². The number of hydrogen-bond donors (Lipinski definition) is 2. The van der Waals surface area contributed by atoms with Crippen LogP contribution in [0.1, 0.15) is 81.3 Å². The molecule has 2 N–H and O–H groups in total. The summed E-state index contributed by atoms with van der Waals surface area (Å²) in [7, 11) is 0. The number of aromatic nitrogens is 2. The van der Waals surface area contributed by atoms with Crippen molar-refractivity contribution in [1.29, 1.82) is 0 Å². The summed E-state index contributed by atoms with van der Waals surface area (Å²) in [5.74, 6) is -0.196. The van der Waals surface area contributed by atoms with Crippen LogP contribution in [0.3, 0.4) is 0 Å². The molecule has 3 rings (SSSR count). The molecule has 0 aliphatic heterocycles. The number of nitrogens with one attached hydrogen (secondary N) is 2. The van der Waals surface area contributed by atoms with Gasteiger partial charge in [-0.2, -0.15) is 5.10 Å². The van der Waals surface area contributed by atoms with Crippen molar-refractivity contribution in [2.45, 2.75) is 77.7 Å². The van der Waals surface area contributed by atoms with E-state index in [9.17, 15) is 4.79 Å². The number of carbonyl (C=O) groups excluding carboxylic acids is 1.